The second kappa shape index (κ2) is 8.04. The number of carbonyl (C=O) groups is 2. The van der Waals surface area contributed by atoms with Crippen molar-refractivity contribution in [1.82, 2.24) is 5.32 Å². The summed E-state index contributed by atoms with van der Waals surface area (Å²) in [6.45, 7) is 1.92. The van der Waals surface area contributed by atoms with E-state index in [4.69, 9.17) is 9.47 Å². The number of benzene rings is 1. The van der Waals surface area contributed by atoms with Gasteiger partial charge in [0.05, 0.1) is 12.5 Å². The quantitative estimate of drug-likeness (QED) is 0.800. The van der Waals surface area contributed by atoms with Crippen LogP contribution < -0.4 is 14.8 Å². The fourth-order valence-corrected chi connectivity index (χ4v) is 3.10. The third kappa shape index (κ3) is 4.40. The third-order valence-corrected chi connectivity index (χ3v) is 4.62. The number of nitrogens with one attached hydrogen (secondary N) is 1. The second-order valence-electron chi connectivity index (χ2n) is 6.34. The van der Waals surface area contributed by atoms with E-state index in [0.717, 1.165) is 30.6 Å². The molecule has 132 valence electrons. The van der Waals surface area contributed by atoms with Crippen LogP contribution in [0.3, 0.4) is 0 Å². The van der Waals surface area contributed by atoms with Crippen molar-refractivity contribution in [2.45, 2.75) is 39.0 Å². The molecule has 1 aliphatic rings. The molecule has 2 rings (SSSR count). The zero-order valence-electron chi connectivity index (χ0n) is 14.3. The minimum absolute atomic E-state index is 0.137. The van der Waals surface area contributed by atoms with E-state index in [1.165, 1.54) is 0 Å². The van der Waals surface area contributed by atoms with E-state index in [1.54, 1.807) is 25.3 Å². The molecule has 1 aromatic rings. The molecule has 0 aliphatic heterocycles. The number of amides is 1. The summed E-state index contributed by atoms with van der Waals surface area (Å²) < 4.78 is 10.6. The van der Waals surface area contributed by atoms with Crippen LogP contribution in [0.25, 0.3) is 0 Å². The van der Waals surface area contributed by atoms with Crippen LogP contribution in [0.1, 0.15) is 37.7 Å². The predicted octanol–water partition coefficient (Wildman–Crippen LogP) is 2.53. The molecule has 0 radical (unpaired) electrons. The number of ether oxygens (including phenoxy) is 2. The van der Waals surface area contributed by atoms with Crippen molar-refractivity contribution in [3.8, 4) is 11.5 Å². The van der Waals surface area contributed by atoms with Gasteiger partial charge in [-0.3, -0.25) is 9.59 Å². The Morgan fingerprint density at radius 3 is 2.54 bits per heavy atom. The van der Waals surface area contributed by atoms with Crippen LogP contribution in [0.2, 0.25) is 0 Å². The highest BCUT2D eigenvalue weighted by molar-refractivity contribution is 5.80. The van der Waals surface area contributed by atoms with Crippen molar-refractivity contribution in [2.24, 2.45) is 5.41 Å². The summed E-state index contributed by atoms with van der Waals surface area (Å²) in [7, 11) is 1.60. The lowest BCUT2D eigenvalue weighted by Crippen LogP contribution is -2.45. The molecule has 1 saturated carbocycles. The van der Waals surface area contributed by atoms with Crippen LogP contribution in [0.5, 0.6) is 11.5 Å². The lowest BCUT2D eigenvalue weighted by molar-refractivity contribution is -0.151. The van der Waals surface area contributed by atoms with Gasteiger partial charge in [-0.15, -0.1) is 0 Å². The van der Waals surface area contributed by atoms with Crippen molar-refractivity contribution in [3.63, 3.8) is 0 Å². The molecule has 0 unspecified atom stereocenters. The Morgan fingerprint density at radius 1 is 1.25 bits per heavy atom. The van der Waals surface area contributed by atoms with Gasteiger partial charge < -0.3 is 19.9 Å². The highest BCUT2D eigenvalue weighted by Crippen LogP contribution is 2.36. The van der Waals surface area contributed by atoms with E-state index in [0.29, 0.717) is 18.6 Å². The zero-order chi connectivity index (χ0) is 17.6. The van der Waals surface area contributed by atoms with Crippen LogP contribution in [-0.2, 0) is 9.59 Å². The van der Waals surface area contributed by atoms with Crippen molar-refractivity contribution >= 4 is 11.9 Å². The van der Waals surface area contributed by atoms with Gasteiger partial charge in [0.15, 0.2) is 6.61 Å². The smallest absolute Gasteiger partial charge is 0.311 e. The summed E-state index contributed by atoms with van der Waals surface area (Å²) >= 11 is 0. The second-order valence-corrected chi connectivity index (χ2v) is 6.34. The van der Waals surface area contributed by atoms with Crippen molar-refractivity contribution in [2.75, 3.05) is 20.3 Å². The van der Waals surface area contributed by atoms with Crippen LogP contribution in [0.15, 0.2) is 18.2 Å². The Bertz CT molecular complexity index is 593. The molecular weight excluding hydrogens is 310 g/mol. The van der Waals surface area contributed by atoms with Crippen LogP contribution in [0, 0.1) is 12.3 Å². The summed E-state index contributed by atoms with van der Waals surface area (Å²) in [6.07, 6.45) is 4.07. The molecule has 24 heavy (non-hydrogen) atoms. The van der Waals surface area contributed by atoms with Crippen LogP contribution >= 0.6 is 0 Å². The van der Waals surface area contributed by atoms with Gasteiger partial charge in [0.25, 0.3) is 5.91 Å². The Hall–Kier alpha value is -2.24. The number of aryl methyl sites for hydroxylation is 1. The Kier molecular flexibility index (Phi) is 6.06. The van der Waals surface area contributed by atoms with Gasteiger partial charge in [0.2, 0.25) is 0 Å². The fourth-order valence-electron chi connectivity index (χ4n) is 3.10. The molecule has 1 fully saturated rings. The van der Waals surface area contributed by atoms with E-state index in [2.05, 4.69) is 5.32 Å². The van der Waals surface area contributed by atoms with Gasteiger partial charge in [-0.1, -0.05) is 19.3 Å². The van der Waals surface area contributed by atoms with Crippen molar-refractivity contribution in [1.29, 1.82) is 0 Å². The lowest BCUT2D eigenvalue weighted by atomic mass is 9.74. The first-order valence-corrected chi connectivity index (χ1v) is 8.24. The number of methoxy groups -OCH3 is 1. The van der Waals surface area contributed by atoms with Gasteiger partial charge in [0, 0.05) is 6.54 Å². The third-order valence-electron chi connectivity index (χ3n) is 4.62. The molecule has 6 nitrogen and oxygen atoms in total. The van der Waals surface area contributed by atoms with Gasteiger partial charge >= 0.3 is 5.97 Å². The van der Waals surface area contributed by atoms with E-state index in [-0.39, 0.29) is 19.1 Å². The molecule has 0 atom stereocenters. The van der Waals surface area contributed by atoms with E-state index < -0.39 is 11.4 Å². The van der Waals surface area contributed by atoms with Gasteiger partial charge in [-0.2, -0.15) is 0 Å². The molecule has 0 spiro atoms. The number of carboxylic acids is 1. The summed E-state index contributed by atoms with van der Waals surface area (Å²) in [5.74, 6) is 0.199. The van der Waals surface area contributed by atoms with Gasteiger partial charge in [0.1, 0.15) is 11.5 Å². The minimum atomic E-state index is -0.829. The van der Waals surface area contributed by atoms with Gasteiger partial charge in [-0.05, 0) is 43.5 Å². The highest BCUT2D eigenvalue weighted by atomic mass is 16.5. The van der Waals surface area contributed by atoms with E-state index >= 15 is 0 Å². The van der Waals surface area contributed by atoms with Crippen molar-refractivity contribution in [3.05, 3.63) is 23.8 Å². The molecule has 0 heterocycles. The van der Waals surface area contributed by atoms with Crippen LogP contribution in [0.4, 0.5) is 0 Å². The molecular formula is C18H25NO5. The predicted molar refractivity (Wildman–Crippen MR) is 89.4 cm³/mol. The highest BCUT2D eigenvalue weighted by Gasteiger charge is 2.39. The molecule has 0 saturated heterocycles. The number of hydrogen-bond donors (Lipinski definition) is 2. The number of hydrogen-bond acceptors (Lipinski definition) is 4. The summed E-state index contributed by atoms with van der Waals surface area (Å²) in [5.41, 5.74) is 0.0902. The number of carbonyl (C=O) groups excluding carboxylic acids is 1. The minimum Gasteiger partial charge on any atom is -0.496 e. The normalized spacial score (nSPS) is 16.2. The number of carboxylic acid groups (broad SMARTS) is 1. The summed E-state index contributed by atoms with van der Waals surface area (Å²) in [4.78, 5) is 23.5. The Morgan fingerprint density at radius 2 is 1.96 bits per heavy atom. The first-order valence-electron chi connectivity index (χ1n) is 8.24. The zero-order valence-corrected chi connectivity index (χ0v) is 14.3. The maximum atomic E-state index is 12.0. The summed E-state index contributed by atoms with van der Waals surface area (Å²) in [5, 5.41) is 12.2. The van der Waals surface area contributed by atoms with E-state index in [9.17, 15) is 14.7 Å². The maximum absolute atomic E-state index is 12.0. The van der Waals surface area contributed by atoms with Crippen molar-refractivity contribution < 1.29 is 24.2 Å². The fraction of sp³-hybridized carbons (Fsp3) is 0.556. The topological polar surface area (TPSA) is 84.9 Å². The SMILES string of the molecule is COc1ccc(OCC(=O)NCC2(C(=O)O)CCCCC2)cc1C. The largest absolute Gasteiger partial charge is 0.496 e. The summed E-state index contributed by atoms with van der Waals surface area (Å²) in [6, 6.07) is 5.31. The maximum Gasteiger partial charge on any atom is 0.311 e. The molecule has 1 aliphatic carbocycles. The molecule has 6 heteroatoms. The molecule has 0 bridgehead atoms. The Labute approximate surface area is 142 Å². The molecule has 0 aromatic heterocycles. The average molecular weight is 335 g/mol. The van der Waals surface area contributed by atoms with Crippen LogP contribution in [-0.4, -0.2) is 37.2 Å². The molecule has 1 aromatic carbocycles. The monoisotopic (exact) mass is 335 g/mol. The molecule has 1 amide bonds. The molecule has 2 N–H and O–H groups in total. The lowest BCUT2D eigenvalue weighted by Gasteiger charge is -2.33. The van der Waals surface area contributed by atoms with Gasteiger partial charge in [-0.25, -0.2) is 0 Å². The number of rotatable bonds is 7. The standard InChI is InChI=1S/C18H25NO5/c1-13-10-14(6-7-15(13)23-2)24-11-16(20)19-12-18(17(21)22)8-4-3-5-9-18/h6-7,10H,3-5,8-9,11-12H2,1-2H3,(H,19,20)(H,21,22). The van der Waals surface area contributed by atoms with E-state index in [1.807, 2.05) is 6.92 Å². The Balaban J connectivity index is 1.84. The average Bonchev–Trinajstić information content (AvgIpc) is 2.59. The first-order chi connectivity index (χ1) is 11.5. The number of aliphatic carboxylic acids is 1. The first kappa shape index (κ1) is 18.1.